The lowest BCUT2D eigenvalue weighted by molar-refractivity contribution is -0.132. The molecule has 3 N–H and O–H groups in total. The van der Waals surface area contributed by atoms with Crippen molar-refractivity contribution in [3.05, 3.63) is 0 Å². The Bertz CT molecular complexity index is 223. The second-order valence-electron chi connectivity index (χ2n) is 4.94. The molecule has 4 nitrogen and oxygen atoms in total. The van der Waals surface area contributed by atoms with Crippen molar-refractivity contribution in [2.24, 2.45) is 5.73 Å². The summed E-state index contributed by atoms with van der Waals surface area (Å²) in [6, 6.07) is 0. The highest BCUT2D eigenvalue weighted by molar-refractivity contribution is 5.81. The zero-order valence-corrected chi connectivity index (χ0v) is 9.88. The van der Waals surface area contributed by atoms with Crippen molar-refractivity contribution in [3.8, 4) is 0 Å². The summed E-state index contributed by atoms with van der Waals surface area (Å²) in [4.78, 5) is 11.7. The zero-order valence-electron chi connectivity index (χ0n) is 9.88. The molecule has 0 aromatic rings. The summed E-state index contributed by atoms with van der Waals surface area (Å²) in [5.74, 6) is -0.0236. The quantitative estimate of drug-likeness (QED) is 0.727. The molecule has 1 heterocycles. The first kappa shape index (κ1) is 12.5. The third-order valence-corrected chi connectivity index (χ3v) is 2.57. The minimum Gasteiger partial charge on any atom is -0.365 e. The van der Waals surface area contributed by atoms with Crippen LogP contribution in [-0.2, 0) is 9.53 Å². The Morgan fingerprint density at radius 3 is 2.67 bits per heavy atom. The van der Waals surface area contributed by atoms with Gasteiger partial charge >= 0.3 is 0 Å². The van der Waals surface area contributed by atoms with Crippen molar-refractivity contribution in [1.82, 2.24) is 5.32 Å². The van der Waals surface area contributed by atoms with E-state index in [9.17, 15) is 4.79 Å². The van der Waals surface area contributed by atoms with Crippen LogP contribution < -0.4 is 11.1 Å². The summed E-state index contributed by atoms with van der Waals surface area (Å²) in [5, 5.41) is 2.82. The predicted octanol–water partition coefficient (Wildman–Crippen LogP) is 0.797. The summed E-state index contributed by atoms with van der Waals surface area (Å²) in [7, 11) is 0. The average Bonchev–Trinajstić information content (AvgIpc) is 2.61. The summed E-state index contributed by atoms with van der Waals surface area (Å²) in [6.07, 6.45) is 2.78. The number of nitrogens with two attached hydrogens (primary N) is 1. The van der Waals surface area contributed by atoms with Gasteiger partial charge in [0.15, 0.2) is 0 Å². The number of carbonyl (C=O) groups excluding carboxylic acids is 1. The van der Waals surface area contributed by atoms with E-state index in [-0.39, 0.29) is 23.7 Å². The number of ether oxygens (including phenoxy) is 1. The van der Waals surface area contributed by atoms with Crippen molar-refractivity contribution in [2.45, 2.75) is 57.8 Å². The topological polar surface area (TPSA) is 64.4 Å². The van der Waals surface area contributed by atoms with E-state index < -0.39 is 0 Å². The fourth-order valence-electron chi connectivity index (χ4n) is 1.63. The van der Waals surface area contributed by atoms with Crippen LogP contribution in [0.2, 0.25) is 0 Å². The molecule has 2 atom stereocenters. The van der Waals surface area contributed by atoms with Crippen molar-refractivity contribution in [1.29, 1.82) is 0 Å². The van der Waals surface area contributed by atoms with Gasteiger partial charge in [-0.15, -0.1) is 0 Å². The maximum absolute atomic E-state index is 11.7. The van der Waals surface area contributed by atoms with Crippen LogP contribution in [0.1, 0.15) is 40.0 Å². The monoisotopic (exact) mass is 214 g/mol. The third-order valence-electron chi connectivity index (χ3n) is 2.57. The Balaban J connectivity index is 2.30. The fraction of sp³-hybridized carbons (Fsp3) is 0.909. The number of carbonyl (C=O) groups is 1. The molecule has 1 fully saturated rings. The highest BCUT2D eigenvalue weighted by atomic mass is 16.5. The van der Waals surface area contributed by atoms with E-state index in [1.54, 1.807) is 0 Å². The smallest absolute Gasteiger partial charge is 0.249 e. The van der Waals surface area contributed by atoms with E-state index in [1.165, 1.54) is 0 Å². The molecule has 15 heavy (non-hydrogen) atoms. The van der Waals surface area contributed by atoms with Crippen molar-refractivity contribution in [3.63, 3.8) is 0 Å². The number of hydrogen-bond donors (Lipinski definition) is 2. The molecule has 1 amide bonds. The van der Waals surface area contributed by atoms with Gasteiger partial charge in [-0.05, 0) is 33.1 Å². The summed E-state index contributed by atoms with van der Waals surface area (Å²) in [6.45, 7) is 6.34. The lowest BCUT2D eigenvalue weighted by Gasteiger charge is -2.20. The molecule has 0 aromatic heterocycles. The number of rotatable bonds is 4. The highest BCUT2D eigenvalue weighted by Gasteiger charge is 2.29. The van der Waals surface area contributed by atoms with Gasteiger partial charge in [0.1, 0.15) is 6.10 Å². The van der Waals surface area contributed by atoms with Crippen molar-refractivity contribution < 1.29 is 9.53 Å². The van der Waals surface area contributed by atoms with Crippen LogP contribution in [-0.4, -0.2) is 30.2 Å². The second-order valence-corrected chi connectivity index (χ2v) is 4.94. The third kappa shape index (κ3) is 4.18. The van der Waals surface area contributed by atoms with Gasteiger partial charge in [0.2, 0.25) is 5.91 Å². The van der Waals surface area contributed by atoms with E-state index >= 15 is 0 Å². The first-order chi connectivity index (χ1) is 6.92. The largest absolute Gasteiger partial charge is 0.365 e. The van der Waals surface area contributed by atoms with Crippen LogP contribution in [0, 0.1) is 0 Å². The van der Waals surface area contributed by atoms with Crippen LogP contribution in [0.15, 0.2) is 0 Å². The van der Waals surface area contributed by atoms with Crippen LogP contribution in [0.5, 0.6) is 0 Å². The van der Waals surface area contributed by atoms with E-state index in [0.29, 0.717) is 6.54 Å². The molecule has 1 rings (SSSR count). The van der Waals surface area contributed by atoms with Gasteiger partial charge in [-0.3, -0.25) is 4.79 Å². The Hall–Kier alpha value is -0.610. The van der Waals surface area contributed by atoms with Crippen LogP contribution in [0.25, 0.3) is 0 Å². The standard InChI is InChI=1S/C11H22N2O2/c1-4-8-5-6-9(15-8)10(14)13-7-11(2,3)12/h8-9H,4-7,12H2,1-3H3,(H,13,14). The van der Waals surface area contributed by atoms with Gasteiger partial charge in [0.25, 0.3) is 0 Å². The Morgan fingerprint density at radius 1 is 1.53 bits per heavy atom. The molecule has 1 aliphatic rings. The highest BCUT2D eigenvalue weighted by Crippen LogP contribution is 2.21. The predicted molar refractivity (Wildman–Crippen MR) is 59.5 cm³/mol. The molecule has 0 aliphatic carbocycles. The van der Waals surface area contributed by atoms with Gasteiger partial charge in [0.05, 0.1) is 6.10 Å². The Labute approximate surface area is 91.5 Å². The fourth-order valence-corrected chi connectivity index (χ4v) is 1.63. The lowest BCUT2D eigenvalue weighted by Crippen LogP contribution is -2.47. The number of hydrogen-bond acceptors (Lipinski definition) is 3. The normalized spacial score (nSPS) is 26.7. The molecule has 0 radical (unpaired) electrons. The van der Waals surface area contributed by atoms with Crippen LogP contribution in [0.4, 0.5) is 0 Å². The minimum absolute atomic E-state index is 0.0236. The molecule has 0 aromatic carbocycles. The maximum atomic E-state index is 11.7. The Kier molecular flexibility index (Phi) is 4.11. The molecular weight excluding hydrogens is 192 g/mol. The molecule has 4 heteroatoms. The second kappa shape index (κ2) is 4.94. The lowest BCUT2D eigenvalue weighted by atomic mass is 10.1. The van der Waals surface area contributed by atoms with Gasteiger partial charge < -0.3 is 15.8 Å². The van der Waals surface area contributed by atoms with E-state index in [1.807, 2.05) is 13.8 Å². The van der Waals surface area contributed by atoms with Gasteiger partial charge in [-0.25, -0.2) is 0 Å². The summed E-state index contributed by atoms with van der Waals surface area (Å²) in [5.41, 5.74) is 5.42. The zero-order chi connectivity index (χ0) is 11.5. The molecule has 1 saturated heterocycles. The van der Waals surface area contributed by atoms with E-state index in [0.717, 1.165) is 19.3 Å². The summed E-state index contributed by atoms with van der Waals surface area (Å²) >= 11 is 0. The average molecular weight is 214 g/mol. The Morgan fingerprint density at radius 2 is 2.20 bits per heavy atom. The molecule has 0 spiro atoms. The molecular formula is C11H22N2O2. The van der Waals surface area contributed by atoms with E-state index in [4.69, 9.17) is 10.5 Å². The number of nitrogens with one attached hydrogen (secondary N) is 1. The molecule has 2 unspecified atom stereocenters. The molecule has 0 saturated carbocycles. The SMILES string of the molecule is CCC1CCC(C(=O)NCC(C)(C)N)O1. The van der Waals surface area contributed by atoms with E-state index in [2.05, 4.69) is 12.2 Å². The van der Waals surface area contributed by atoms with Crippen molar-refractivity contribution in [2.75, 3.05) is 6.54 Å². The van der Waals surface area contributed by atoms with Crippen LogP contribution >= 0.6 is 0 Å². The molecule has 1 aliphatic heterocycles. The first-order valence-corrected chi connectivity index (χ1v) is 5.64. The minimum atomic E-state index is -0.363. The van der Waals surface area contributed by atoms with Gasteiger partial charge in [-0.1, -0.05) is 6.92 Å². The van der Waals surface area contributed by atoms with Gasteiger partial charge in [-0.2, -0.15) is 0 Å². The van der Waals surface area contributed by atoms with Crippen LogP contribution in [0.3, 0.4) is 0 Å². The van der Waals surface area contributed by atoms with Crippen molar-refractivity contribution >= 4 is 5.91 Å². The summed E-state index contributed by atoms with van der Waals surface area (Å²) < 4.78 is 5.58. The molecule has 0 bridgehead atoms. The number of amides is 1. The maximum Gasteiger partial charge on any atom is 0.249 e. The first-order valence-electron chi connectivity index (χ1n) is 5.64. The molecule has 88 valence electrons. The van der Waals surface area contributed by atoms with Gasteiger partial charge in [0, 0.05) is 12.1 Å².